The molecule has 0 aromatic heterocycles. The third kappa shape index (κ3) is 4.42. The van der Waals surface area contributed by atoms with Crippen molar-refractivity contribution in [3.05, 3.63) is 30.1 Å². The van der Waals surface area contributed by atoms with Gasteiger partial charge in [0.05, 0.1) is 0 Å². The molecule has 0 aliphatic heterocycles. The van der Waals surface area contributed by atoms with Gasteiger partial charge in [-0.3, -0.25) is 10.2 Å². The number of carbonyl (C=O) groups is 1. The van der Waals surface area contributed by atoms with Gasteiger partial charge in [0, 0.05) is 20.2 Å². The van der Waals surface area contributed by atoms with Crippen LogP contribution in [0.1, 0.15) is 0 Å². The Morgan fingerprint density at radius 2 is 2.27 bits per heavy atom. The van der Waals surface area contributed by atoms with Gasteiger partial charge < -0.3 is 4.74 Å². The summed E-state index contributed by atoms with van der Waals surface area (Å²) in [5, 5.41) is 1.51. The molecule has 0 saturated heterocycles. The fraction of sp³-hybridized carbons (Fsp3) is 0.300. The summed E-state index contributed by atoms with van der Waals surface area (Å²) in [6.45, 7) is -0.137. The van der Waals surface area contributed by atoms with E-state index < -0.39 is 0 Å². The number of hydrazine groups is 1. The van der Waals surface area contributed by atoms with E-state index in [9.17, 15) is 9.18 Å². The Balaban J connectivity index is 2.40. The number of nitrogens with one attached hydrogen (secondary N) is 1. The summed E-state index contributed by atoms with van der Waals surface area (Å²) in [4.78, 5) is 11.1. The number of ether oxygens (including phenoxy) is 1. The minimum absolute atomic E-state index is 0.137. The summed E-state index contributed by atoms with van der Waals surface area (Å²) < 4.78 is 17.8. The lowest BCUT2D eigenvalue weighted by molar-refractivity contribution is -0.126. The summed E-state index contributed by atoms with van der Waals surface area (Å²) >= 11 is 0. The summed E-state index contributed by atoms with van der Waals surface area (Å²) in [5.74, 6) is -0.339. The molecule has 0 aliphatic rings. The molecule has 0 aliphatic carbocycles. The summed E-state index contributed by atoms with van der Waals surface area (Å²) in [5.41, 5.74) is 2.50. The Kier molecular flexibility index (Phi) is 4.05. The Labute approximate surface area is 87.6 Å². The second-order valence-electron chi connectivity index (χ2n) is 3.18. The normalized spacial score (nSPS) is 10.1. The summed E-state index contributed by atoms with van der Waals surface area (Å²) in [7, 11) is 3.39. The van der Waals surface area contributed by atoms with Crippen molar-refractivity contribution in [3.8, 4) is 5.75 Å². The molecule has 4 nitrogen and oxygen atoms in total. The Hall–Kier alpha value is -1.62. The van der Waals surface area contributed by atoms with Crippen LogP contribution in [0.4, 0.5) is 4.39 Å². The number of benzene rings is 1. The number of hydrogen-bond donors (Lipinski definition) is 1. The van der Waals surface area contributed by atoms with E-state index in [2.05, 4.69) is 5.43 Å². The van der Waals surface area contributed by atoms with Crippen LogP contribution < -0.4 is 10.2 Å². The predicted octanol–water partition coefficient (Wildman–Crippen LogP) is 0.797. The monoisotopic (exact) mass is 212 g/mol. The van der Waals surface area contributed by atoms with Crippen molar-refractivity contribution in [2.75, 3.05) is 20.7 Å². The third-order valence-corrected chi connectivity index (χ3v) is 1.51. The minimum atomic E-state index is -0.388. The molecule has 0 saturated carbocycles. The molecule has 0 atom stereocenters. The van der Waals surface area contributed by atoms with Crippen LogP contribution in [0.5, 0.6) is 5.75 Å². The van der Waals surface area contributed by atoms with Crippen molar-refractivity contribution in [1.29, 1.82) is 0 Å². The lowest BCUT2D eigenvalue weighted by Gasteiger charge is -2.12. The van der Waals surface area contributed by atoms with E-state index in [4.69, 9.17) is 4.74 Å². The molecule has 1 aromatic rings. The van der Waals surface area contributed by atoms with Crippen LogP contribution in [0.25, 0.3) is 0 Å². The van der Waals surface area contributed by atoms with E-state index in [1.807, 2.05) is 0 Å². The molecule has 1 N–H and O–H groups in total. The lowest BCUT2D eigenvalue weighted by atomic mass is 10.3. The smallest absolute Gasteiger partial charge is 0.272 e. The molecule has 82 valence electrons. The van der Waals surface area contributed by atoms with Gasteiger partial charge in [0.15, 0.2) is 6.61 Å². The van der Waals surface area contributed by atoms with Crippen molar-refractivity contribution < 1.29 is 13.9 Å². The van der Waals surface area contributed by atoms with Crippen molar-refractivity contribution in [2.24, 2.45) is 0 Å². The van der Waals surface area contributed by atoms with E-state index in [0.29, 0.717) is 5.75 Å². The molecule has 0 radical (unpaired) electrons. The molecule has 15 heavy (non-hydrogen) atoms. The number of carbonyl (C=O) groups excluding carboxylic acids is 1. The average Bonchev–Trinajstić information content (AvgIpc) is 2.14. The standard InChI is InChI=1S/C10H13FN2O2/c1-13(2)12-10(14)7-15-9-5-3-4-8(11)6-9/h3-6H,7H2,1-2H3,(H,12,14). The minimum Gasteiger partial charge on any atom is -0.484 e. The number of rotatable bonds is 4. The fourth-order valence-electron chi connectivity index (χ4n) is 0.987. The first kappa shape index (κ1) is 11.5. The number of hydrogen-bond acceptors (Lipinski definition) is 3. The highest BCUT2D eigenvalue weighted by atomic mass is 19.1. The molecule has 0 spiro atoms. The highest BCUT2D eigenvalue weighted by Gasteiger charge is 2.03. The maximum atomic E-state index is 12.7. The van der Waals surface area contributed by atoms with E-state index in [0.717, 1.165) is 0 Å². The number of nitrogens with zero attached hydrogens (tertiary/aromatic N) is 1. The first-order valence-electron chi connectivity index (χ1n) is 4.43. The fourth-order valence-corrected chi connectivity index (χ4v) is 0.987. The van der Waals surface area contributed by atoms with Gasteiger partial charge in [0.25, 0.3) is 5.91 Å². The second-order valence-corrected chi connectivity index (χ2v) is 3.18. The molecule has 0 bridgehead atoms. The molecule has 0 fully saturated rings. The van der Waals surface area contributed by atoms with Crippen LogP contribution in [-0.4, -0.2) is 31.6 Å². The molecule has 1 amide bonds. The van der Waals surface area contributed by atoms with Gasteiger partial charge in [0.1, 0.15) is 11.6 Å². The Morgan fingerprint density at radius 3 is 2.87 bits per heavy atom. The largest absolute Gasteiger partial charge is 0.484 e. The van der Waals surface area contributed by atoms with Crippen LogP contribution in [0.15, 0.2) is 24.3 Å². The van der Waals surface area contributed by atoms with Crippen molar-refractivity contribution in [1.82, 2.24) is 10.4 Å². The first-order chi connectivity index (χ1) is 7.08. The van der Waals surface area contributed by atoms with Crippen molar-refractivity contribution in [3.63, 3.8) is 0 Å². The van der Waals surface area contributed by atoms with Crippen molar-refractivity contribution in [2.45, 2.75) is 0 Å². The Morgan fingerprint density at radius 1 is 1.53 bits per heavy atom. The first-order valence-corrected chi connectivity index (χ1v) is 4.43. The molecular weight excluding hydrogens is 199 g/mol. The van der Waals surface area contributed by atoms with Gasteiger partial charge in [-0.2, -0.15) is 0 Å². The second kappa shape index (κ2) is 5.31. The summed E-state index contributed by atoms with van der Waals surface area (Å²) in [6, 6.07) is 5.65. The lowest BCUT2D eigenvalue weighted by Crippen LogP contribution is -2.39. The van der Waals surface area contributed by atoms with Crippen LogP contribution in [-0.2, 0) is 4.79 Å². The third-order valence-electron chi connectivity index (χ3n) is 1.51. The quantitative estimate of drug-likeness (QED) is 0.750. The van der Waals surface area contributed by atoms with E-state index in [1.54, 1.807) is 20.2 Å². The van der Waals surface area contributed by atoms with Gasteiger partial charge in [0.2, 0.25) is 0 Å². The molecule has 5 heteroatoms. The summed E-state index contributed by atoms with van der Waals surface area (Å²) in [6.07, 6.45) is 0. The van der Waals surface area contributed by atoms with Gasteiger partial charge in [-0.25, -0.2) is 9.40 Å². The van der Waals surface area contributed by atoms with Gasteiger partial charge in [-0.15, -0.1) is 0 Å². The van der Waals surface area contributed by atoms with Crippen LogP contribution >= 0.6 is 0 Å². The van der Waals surface area contributed by atoms with E-state index in [-0.39, 0.29) is 18.3 Å². The van der Waals surface area contributed by atoms with Crippen molar-refractivity contribution >= 4 is 5.91 Å². The SMILES string of the molecule is CN(C)NC(=O)COc1cccc(F)c1. The van der Waals surface area contributed by atoms with Gasteiger partial charge in [-0.05, 0) is 12.1 Å². The zero-order valence-electron chi connectivity index (χ0n) is 8.66. The van der Waals surface area contributed by atoms with E-state index in [1.165, 1.54) is 23.2 Å². The van der Waals surface area contributed by atoms with Crippen LogP contribution in [0, 0.1) is 5.82 Å². The Bertz CT molecular complexity index is 342. The number of halogens is 1. The van der Waals surface area contributed by atoms with Crippen LogP contribution in [0.3, 0.4) is 0 Å². The maximum Gasteiger partial charge on any atom is 0.272 e. The highest BCUT2D eigenvalue weighted by Crippen LogP contribution is 2.11. The molecule has 0 unspecified atom stereocenters. The highest BCUT2D eigenvalue weighted by molar-refractivity contribution is 5.76. The van der Waals surface area contributed by atoms with Gasteiger partial charge in [-0.1, -0.05) is 6.07 Å². The molecule has 1 rings (SSSR count). The molecule has 0 heterocycles. The molecule has 1 aromatic carbocycles. The molecular formula is C10H13FN2O2. The van der Waals surface area contributed by atoms with Crippen LogP contribution in [0.2, 0.25) is 0 Å². The zero-order chi connectivity index (χ0) is 11.3. The predicted molar refractivity (Wildman–Crippen MR) is 53.7 cm³/mol. The van der Waals surface area contributed by atoms with Gasteiger partial charge >= 0.3 is 0 Å². The topological polar surface area (TPSA) is 41.6 Å². The van der Waals surface area contributed by atoms with E-state index >= 15 is 0 Å². The zero-order valence-corrected chi connectivity index (χ0v) is 8.66. The maximum absolute atomic E-state index is 12.7. The average molecular weight is 212 g/mol. The number of amides is 1.